The molecule has 0 unspecified atom stereocenters. The van der Waals surface area contributed by atoms with Gasteiger partial charge in [0.05, 0.1) is 17.3 Å². The Morgan fingerprint density at radius 1 is 1.53 bits per heavy atom. The average molecular weight is 262 g/mol. The quantitative estimate of drug-likeness (QED) is 0.833. The smallest absolute Gasteiger partial charge is 0.261 e. The van der Waals surface area contributed by atoms with E-state index in [1.54, 1.807) is 0 Å². The van der Waals surface area contributed by atoms with Crippen molar-refractivity contribution in [3.8, 4) is 0 Å². The van der Waals surface area contributed by atoms with Crippen molar-refractivity contribution in [1.29, 1.82) is 0 Å². The summed E-state index contributed by atoms with van der Waals surface area (Å²) < 4.78 is 0.702. The third-order valence-electron chi connectivity index (χ3n) is 2.05. The molecule has 0 radical (unpaired) electrons. The van der Waals surface area contributed by atoms with Crippen molar-refractivity contribution >= 4 is 42.1 Å². The Morgan fingerprint density at radius 2 is 2.13 bits per heavy atom. The molecule has 1 aromatic rings. The topological polar surface area (TPSA) is 29.1 Å². The second-order valence-corrected chi connectivity index (χ2v) is 11.1. The first-order valence-electron chi connectivity index (χ1n) is 4.94. The summed E-state index contributed by atoms with van der Waals surface area (Å²) in [6.07, 6.45) is 0. The lowest BCUT2D eigenvalue weighted by atomic mass is 10.4. The Kier molecular flexibility index (Phi) is 3.97. The summed E-state index contributed by atoms with van der Waals surface area (Å²) in [5.41, 5.74) is 0. The fourth-order valence-corrected chi connectivity index (χ4v) is 5.01. The van der Waals surface area contributed by atoms with Gasteiger partial charge in [0.1, 0.15) is 0 Å². The van der Waals surface area contributed by atoms with Gasteiger partial charge in [-0.05, 0) is 18.2 Å². The Morgan fingerprint density at radius 3 is 2.60 bits per heavy atom. The molecule has 1 amide bonds. The first-order chi connectivity index (χ1) is 6.86. The minimum absolute atomic E-state index is 0.00632. The van der Waals surface area contributed by atoms with Crippen LogP contribution in [0.4, 0.5) is 0 Å². The van der Waals surface area contributed by atoms with Crippen molar-refractivity contribution in [3.05, 3.63) is 15.3 Å². The number of carbonyl (C=O) groups excluding carboxylic acids is 1. The summed E-state index contributed by atoms with van der Waals surface area (Å²) in [5.74, 6) is 0.00632. The maximum atomic E-state index is 11.8. The molecule has 0 saturated heterocycles. The van der Waals surface area contributed by atoms with Crippen LogP contribution in [-0.2, 0) is 0 Å². The lowest BCUT2D eigenvalue weighted by molar-refractivity contribution is 0.0961. The highest BCUT2D eigenvalue weighted by Crippen LogP contribution is 2.23. The van der Waals surface area contributed by atoms with E-state index in [9.17, 15) is 4.79 Å². The number of halogens is 1. The van der Waals surface area contributed by atoms with E-state index in [-0.39, 0.29) is 5.91 Å². The zero-order valence-electron chi connectivity index (χ0n) is 9.48. The summed E-state index contributed by atoms with van der Waals surface area (Å²) in [6.45, 7) is 9.22. The van der Waals surface area contributed by atoms with Gasteiger partial charge in [-0.1, -0.05) is 31.2 Å². The van der Waals surface area contributed by atoms with Crippen LogP contribution in [0.2, 0.25) is 24.0 Å². The van der Waals surface area contributed by atoms with Gasteiger partial charge >= 0.3 is 0 Å². The zero-order chi connectivity index (χ0) is 11.6. The predicted octanol–water partition coefficient (Wildman–Crippen LogP) is 2.70. The third kappa shape index (κ3) is 3.06. The number of thiophene rings is 1. The van der Waals surface area contributed by atoms with Crippen molar-refractivity contribution < 1.29 is 4.79 Å². The van der Waals surface area contributed by atoms with Gasteiger partial charge in [0, 0.05) is 6.54 Å². The Hall–Kier alpha value is -0.323. The largest absolute Gasteiger partial charge is 0.352 e. The van der Waals surface area contributed by atoms with Crippen LogP contribution in [0.5, 0.6) is 0 Å². The Bertz CT molecular complexity index is 370. The molecule has 0 atom stereocenters. The molecule has 15 heavy (non-hydrogen) atoms. The predicted molar refractivity (Wildman–Crippen MR) is 70.3 cm³/mol. The van der Waals surface area contributed by atoms with E-state index in [1.807, 2.05) is 13.0 Å². The molecule has 0 bridgehead atoms. The lowest BCUT2D eigenvalue weighted by Crippen LogP contribution is -2.41. The molecular formula is C10H16ClNOSSi. The molecule has 0 spiro atoms. The maximum Gasteiger partial charge on any atom is 0.261 e. The van der Waals surface area contributed by atoms with Crippen LogP contribution >= 0.6 is 22.9 Å². The number of carbonyl (C=O) groups is 1. The summed E-state index contributed by atoms with van der Waals surface area (Å²) in [7, 11) is -1.48. The van der Waals surface area contributed by atoms with Gasteiger partial charge < -0.3 is 5.32 Å². The molecule has 0 aromatic carbocycles. The highest BCUT2D eigenvalue weighted by molar-refractivity contribution is 7.20. The monoisotopic (exact) mass is 261 g/mol. The summed E-state index contributed by atoms with van der Waals surface area (Å²) in [4.78, 5) is 12.6. The number of nitrogens with one attached hydrogen (secondary N) is 1. The zero-order valence-corrected chi connectivity index (χ0v) is 12.1. The highest BCUT2D eigenvalue weighted by Gasteiger charge is 2.25. The van der Waals surface area contributed by atoms with E-state index in [0.29, 0.717) is 10.9 Å². The molecule has 1 N–H and O–H groups in total. The summed E-state index contributed by atoms with van der Waals surface area (Å²) in [5, 5.41) is 3.98. The minimum Gasteiger partial charge on any atom is -0.352 e. The molecule has 0 fully saturated rings. The lowest BCUT2D eigenvalue weighted by Gasteiger charge is -2.16. The van der Waals surface area contributed by atoms with Crippen molar-refractivity contribution in [3.63, 3.8) is 0 Å². The van der Waals surface area contributed by atoms with Gasteiger partial charge in [0.25, 0.3) is 5.91 Å². The molecule has 5 heteroatoms. The fourth-order valence-electron chi connectivity index (χ4n) is 1.33. The number of amides is 1. The normalized spacial score (nSPS) is 11.5. The van der Waals surface area contributed by atoms with Crippen LogP contribution in [-0.4, -0.2) is 20.5 Å². The van der Waals surface area contributed by atoms with Crippen LogP contribution in [0.3, 0.4) is 0 Å². The third-order valence-corrected chi connectivity index (χ3v) is 5.51. The summed E-state index contributed by atoms with van der Waals surface area (Å²) in [6, 6.07) is 1.95. The van der Waals surface area contributed by atoms with E-state index in [4.69, 9.17) is 11.6 Å². The van der Waals surface area contributed by atoms with E-state index < -0.39 is 8.07 Å². The van der Waals surface area contributed by atoms with E-state index in [0.717, 1.165) is 10.1 Å². The molecule has 84 valence electrons. The SMILES string of the molecule is CCNC(=O)c1sc(Cl)cc1[Si](C)(C)C. The molecule has 1 heterocycles. The number of rotatable bonds is 3. The van der Waals surface area contributed by atoms with Gasteiger partial charge in [0.2, 0.25) is 0 Å². The summed E-state index contributed by atoms with van der Waals surface area (Å²) >= 11 is 7.35. The Balaban J connectivity index is 3.12. The van der Waals surface area contributed by atoms with Crippen LogP contribution in [0.1, 0.15) is 16.6 Å². The molecule has 0 saturated carbocycles. The minimum atomic E-state index is -1.48. The van der Waals surface area contributed by atoms with Gasteiger partial charge in [-0.2, -0.15) is 0 Å². The highest BCUT2D eigenvalue weighted by atomic mass is 35.5. The standard InChI is InChI=1S/C10H16ClNOSSi/c1-5-12-10(13)9-7(15(2,3)4)6-8(11)14-9/h6H,5H2,1-4H3,(H,12,13). The maximum absolute atomic E-state index is 11.8. The molecule has 1 aromatic heterocycles. The van der Waals surface area contributed by atoms with Crippen LogP contribution in [0.25, 0.3) is 0 Å². The number of hydrogen-bond acceptors (Lipinski definition) is 2. The fraction of sp³-hybridized carbons (Fsp3) is 0.500. The molecule has 0 aliphatic heterocycles. The van der Waals surface area contributed by atoms with Crippen molar-refractivity contribution in [2.24, 2.45) is 0 Å². The van der Waals surface area contributed by atoms with E-state index in [1.165, 1.54) is 11.3 Å². The molecule has 2 nitrogen and oxygen atoms in total. The van der Waals surface area contributed by atoms with Gasteiger partial charge in [-0.15, -0.1) is 11.3 Å². The van der Waals surface area contributed by atoms with Gasteiger partial charge in [-0.25, -0.2) is 0 Å². The molecule has 0 aliphatic rings. The van der Waals surface area contributed by atoms with Crippen molar-refractivity contribution in [2.45, 2.75) is 26.6 Å². The molecule has 1 rings (SSSR count). The molecule has 0 aliphatic carbocycles. The van der Waals surface area contributed by atoms with Gasteiger partial charge in [-0.3, -0.25) is 4.79 Å². The second kappa shape index (κ2) is 4.68. The first-order valence-corrected chi connectivity index (χ1v) is 9.63. The molecular weight excluding hydrogens is 246 g/mol. The second-order valence-electron chi connectivity index (χ2n) is 4.40. The van der Waals surface area contributed by atoms with Gasteiger partial charge in [0.15, 0.2) is 0 Å². The van der Waals surface area contributed by atoms with Crippen LogP contribution < -0.4 is 10.5 Å². The van der Waals surface area contributed by atoms with Crippen molar-refractivity contribution in [1.82, 2.24) is 5.32 Å². The number of hydrogen-bond donors (Lipinski definition) is 1. The van der Waals surface area contributed by atoms with E-state index in [2.05, 4.69) is 25.0 Å². The van der Waals surface area contributed by atoms with Crippen molar-refractivity contribution in [2.75, 3.05) is 6.54 Å². The van der Waals surface area contributed by atoms with E-state index >= 15 is 0 Å². The first kappa shape index (κ1) is 12.7. The average Bonchev–Trinajstić information content (AvgIpc) is 2.47. The van der Waals surface area contributed by atoms with Crippen LogP contribution in [0, 0.1) is 0 Å². The Labute approximate surface area is 101 Å². The van der Waals surface area contributed by atoms with Crippen LogP contribution in [0.15, 0.2) is 6.07 Å².